The Hall–Kier alpha value is -2.86. The lowest BCUT2D eigenvalue weighted by Gasteiger charge is -2.17. The van der Waals surface area contributed by atoms with Gasteiger partial charge in [0.05, 0.1) is 17.3 Å². The van der Waals surface area contributed by atoms with E-state index in [9.17, 15) is 9.18 Å². The number of anilines is 1. The molecule has 1 atom stereocenters. The van der Waals surface area contributed by atoms with Crippen LogP contribution < -0.4 is 10.6 Å². The normalized spacial score (nSPS) is 19.8. The first-order chi connectivity index (χ1) is 13.5. The number of benzene rings is 2. The molecule has 3 aromatic rings. The van der Waals surface area contributed by atoms with Gasteiger partial charge >= 0.3 is 0 Å². The number of carbonyl (C=O) groups is 1. The molecule has 0 radical (unpaired) electrons. The van der Waals surface area contributed by atoms with Crippen LogP contribution in [0.5, 0.6) is 0 Å². The van der Waals surface area contributed by atoms with Crippen molar-refractivity contribution < 1.29 is 18.3 Å². The molecule has 144 valence electrons. The van der Waals surface area contributed by atoms with Crippen LogP contribution >= 0.6 is 0 Å². The van der Waals surface area contributed by atoms with Gasteiger partial charge in [-0.05, 0) is 50.1 Å². The third-order valence-electron chi connectivity index (χ3n) is 5.69. The van der Waals surface area contributed by atoms with Crippen molar-refractivity contribution in [3.05, 3.63) is 53.3 Å². The number of ether oxygens (including phenoxy) is 1. The van der Waals surface area contributed by atoms with Gasteiger partial charge in [0.2, 0.25) is 0 Å². The summed E-state index contributed by atoms with van der Waals surface area (Å²) >= 11 is 0. The molecule has 0 bridgehead atoms. The molecule has 6 heteroatoms. The fourth-order valence-corrected chi connectivity index (χ4v) is 3.97. The molecule has 1 aliphatic heterocycles. The number of halogens is 1. The smallest absolute Gasteiger partial charge is 0.255 e. The van der Waals surface area contributed by atoms with Crippen molar-refractivity contribution in [3.8, 4) is 11.3 Å². The number of rotatable bonds is 2. The second-order valence-electron chi connectivity index (χ2n) is 7.62. The molecule has 2 N–H and O–H groups in total. The van der Waals surface area contributed by atoms with Gasteiger partial charge in [-0.25, -0.2) is 4.39 Å². The third-order valence-corrected chi connectivity index (χ3v) is 5.69. The number of amides is 1. The topological polar surface area (TPSA) is 63.5 Å². The number of nitrogens with one attached hydrogen (secondary N) is 2. The summed E-state index contributed by atoms with van der Waals surface area (Å²) in [4.78, 5) is 12.7. The van der Waals surface area contributed by atoms with Gasteiger partial charge in [-0.1, -0.05) is 0 Å². The molecule has 28 heavy (non-hydrogen) atoms. The highest BCUT2D eigenvalue weighted by Gasteiger charge is 2.47. The van der Waals surface area contributed by atoms with Crippen LogP contribution in [0.25, 0.3) is 22.3 Å². The van der Waals surface area contributed by atoms with Crippen LogP contribution in [-0.4, -0.2) is 25.1 Å². The highest BCUT2D eigenvalue weighted by atomic mass is 19.1. The van der Waals surface area contributed by atoms with E-state index in [0.717, 1.165) is 36.0 Å². The zero-order valence-corrected chi connectivity index (χ0v) is 15.8. The quantitative estimate of drug-likeness (QED) is 0.680. The van der Waals surface area contributed by atoms with E-state index in [1.165, 1.54) is 12.1 Å². The molecule has 1 saturated carbocycles. The van der Waals surface area contributed by atoms with Crippen LogP contribution in [0.1, 0.15) is 41.8 Å². The summed E-state index contributed by atoms with van der Waals surface area (Å²) < 4.78 is 25.7. The van der Waals surface area contributed by atoms with Crippen molar-refractivity contribution in [2.75, 3.05) is 18.9 Å². The van der Waals surface area contributed by atoms with E-state index in [4.69, 9.17) is 9.15 Å². The minimum atomic E-state index is -0.336. The third kappa shape index (κ3) is 2.67. The van der Waals surface area contributed by atoms with Crippen LogP contribution in [0.2, 0.25) is 0 Å². The van der Waals surface area contributed by atoms with Crippen molar-refractivity contribution in [1.29, 1.82) is 0 Å². The van der Waals surface area contributed by atoms with Gasteiger partial charge in [0.1, 0.15) is 17.2 Å². The van der Waals surface area contributed by atoms with Gasteiger partial charge in [-0.15, -0.1) is 0 Å². The average Bonchev–Trinajstić information content (AvgIpc) is 3.38. The second kappa shape index (κ2) is 6.07. The maximum atomic E-state index is 13.4. The number of hydrogen-bond acceptors (Lipinski definition) is 4. The van der Waals surface area contributed by atoms with Crippen LogP contribution in [0, 0.1) is 5.82 Å². The second-order valence-corrected chi connectivity index (χ2v) is 7.62. The van der Waals surface area contributed by atoms with E-state index in [0.29, 0.717) is 22.5 Å². The van der Waals surface area contributed by atoms with E-state index < -0.39 is 0 Å². The van der Waals surface area contributed by atoms with Crippen molar-refractivity contribution in [2.45, 2.75) is 31.5 Å². The van der Waals surface area contributed by atoms with E-state index in [2.05, 4.69) is 10.6 Å². The van der Waals surface area contributed by atoms with E-state index in [1.54, 1.807) is 19.2 Å². The Kier molecular flexibility index (Phi) is 3.74. The van der Waals surface area contributed by atoms with Crippen molar-refractivity contribution in [3.63, 3.8) is 0 Å². The largest absolute Gasteiger partial charge is 0.455 e. The molecular formula is C22H21FN2O3. The van der Waals surface area contributed by atoms with Gasteiger partial charge < -0.3 is 19.8 Å². The zero-order chi connectivity index (χ0) is 19.5. The lowest BCUT2D eigenvalue weighted by Crippen LogP contribution is -2.22. The lowest BCUT2D eigenvalue weighted by molar-refractivity contribution is -0.0103. The van der Waals surface area contributed by atoms with Crippen molar-refractivity contribution >= 4 is 22.6 Å². The first-order valence-electron chi connectivity index (χ1n) is 9.50. The van der Waals surface area contributed by atoms with E-state index in [1.807, 2.05) is 19.1 Å². The van der Waals surface area contributed by atoms with Gasteiger partial charge in [-0.3, -0.25) is 4.79 Å². The minimum absolute atomic E-state index is 0.0670. The maximum absolute atomic E-state index is 13.4. The Bertz CT molecular complexity index is 1080. The van der Waals surface area contributed by atoms with Gasteiger partial charge in [0, 0.05) is 41.9 Å². The maximum Gasteiger partial charge on any atom is 0.255 e. The Morgan fingerprint density at radius 1 is 1.25 bits per heavy atom. The van der Waals surface area contributed by atoms with Crippen LogP contribution in [0.15, 0.2) is 40.8 Å². The average molecular weight is 380 g/mol. The molecule has 2 aliphatic rings. The van der Waals surface area contributed by atoms with Gasteiger partial charge in [-0.2, -0.15) is 0 Å². The summed E-state index contributed by atoms with van der Waals surface area (Å²) in [6.07, 6.45) is 2.04. The molecular weight excluding hydrogens is 359 g/mol. The molecule has 0 unspecified atom stereocenters. The molecule has 2 heterocycles. The highest BCUT2D eigenvalue weighted by molar-refractivity contribution is 6.11. The molecule has 1 fully saturated rings. The minimum Gasteiger partial charge on any atom is -0.455 e. The van der Waals surface area contributed by atoms with Crippen molar-refractivity contribution in [2.24, 2.45) is 0 Å². The number of furan rings is 1. The summed E-state index contributed by atoms with van der Waals surface area (Å²) in [7, 11) is 1.59. The summed E-state index contributed by atoms with van der Waals surface area (Å²) in [5.74, 6) is -0.147. The number of fused-ring (bicyclic) bond motifs is 2. The fourth-order valence-electron chi connectivity index (χ4n) is 3.97. The fraction of sp³-hybridized carbons (Fsp3) is 0.318. The molecule has 1 spiro atoms. The summed E-state index contributed by atoms with van der Waals surface area (Å²) in [5.41, 5.74) is 3.62. The Morgan fingerprint density at radius 2 is 2.00 bits per heavy atom. The first-order valence-corrected chi connectivity index (χ1v) is 9.50. The standard InChI is InChI=1S/C22H21FN2O3/c1-12-15-9-16-18(10-17(15)25-11-22(28-12)7-8-22)27-20(19(16)21(26)24-2)13-3-5-14(23)6-4-13/h3-6,9-10,12,25H,7-8,11H2,1-2H3,(H,24,26)/t12-/m1/s1. The highest BCUT2D eigenvalue weighted by Crippen LogP contribution is 2.48. The monoisotopic (exact) mass is 380 g/mol. The van der Waals surface area contributed by atoms with Crippen LogP contribution in [0.3, 0.4) is 0 Å². The number of carbonyl (C=O) groups excluding carboxylic acids is 1. The molecule has 1 aliphatic carbocycles. The lowest BCUT2D eigenvalue weighted by atomic mass is 10.0. The predicted molar refractivity (Wildman–Crippen MR) is 105 cm³/mol. The van der Waals surface area contributed by atoms with Crippen LogP contribution in [-0.2, 0) is 4.74 Å². The van der Waals surface area contributed by atoms with E-state index in [-0.39, 0.29) is 23.4 Å². The first kappa shape index (κ1) is 17.3. The molecule has 5 rings (SSSR count). The summed E-state index contributed by atoms with van der Waals surface area (Å²) in [5, 5.41) is 6.90. The molecule has 0 saturated heterocycles. The zero-order valence-electron chi connectivity index (χ0n) is 15.8. The van der Waals surface area contributed by atoms with Gasteiger partial charge in [0.15, 0.2) is 0 Å². The molecule has 1 aromatic heterocycles. The molecule has 5 nitrogen and oxygen atoms in total. The predicted octanol–water partition coefficient (Wildman–Crippen LogP) is 4.63. The van der Waals surface area contributed by atoms with E-state index >= 15 is 0 Å². The number of hydrogen-bond donors (Lipinski definition) is 2. The summed E-state index contributed by atoms with van der Waals surface area (Å²) in [6, 6.07) is 9.86. The summed E-state index contributed by atoms with van der Waals surface area (Å²) in [6.45, 7) is 2.81. The molecule has 1 amide bonds. The van der Waals surface area contributed by atoms with Crippen LogP contribution in [0.4, 0.5) is 10.1 Å². The molecule has 2 aromatic carbocycles. The Balaban J connectivity index is 1.70. The Labute approximate surface area is 161 Å². The SMILES string of the molecule is CNC(=O)c1c(-c2ccc(F)cc2)oc2cc3c(cc12)[C@@H](C)OC1(CC1)CN3. The van der Waals surface area contributed by atoms with Crippen molar-refractivity contribution in [1.82, 2.24) is 5.32 Å². The van der Waals surface area contributed by atoms with Gasteiger partial charge in [0.25, 0.3) is 5.91 Å². The Morgan fingerprint density at radius 3 is 2.68 bits per heavy atom.